The third-order valence-corrected chi connectivity index (χ3v) is 4.76. The third kappa shape index (κ3) is 8.42. The highest BCUT2D eigenvalue weighted by molar-refractivity contribution is 5.94. The van der Waals surface area contributed by atoms with Gasteiger partial charge in [-0.25, -0.2) is 4.99 Å². The maximum Gasteiger partial charge on any atom is 0.253 e. The van der Waals surface area contributed by atoms with Gasteiger partial charge in [0.15, 0.2) is 5.96 Å². The summed E-state index contributed by atoms with van der Waals surface area (Å²) in [4.78, 5) is 18.5. The molecule has 0 aliphatic heterocycles. The van der Waals surface area contributed by atoms with Crippen LogP contribution in [0.15, 0.2) is 53.5 Å². The van der Waals surface area contributed by atoms with Crippen LogP contribution in [0.3, 0.4) is 0 Å². The van der Waals surface area contributed by atoms with Crippen molar-refractivity contribution in [2.45, 2.75) is 39.8 Å². The molecule has 31 heavy (non-hydrogen) atoms. The van der Waals surface area contributed by atoms with Crippen molar-refractivity contribution in [1.82, 2.24) is 15.5 Å². The lowest BCUT2D eigenvalue weighted by molar-refractivity contribution is 0.0827. The van der Waals surface area contributed by atoms with Gasteiger partial charge in [0.2, 0.25) is 0 Å². The molecule has 2 aromatic rings. The average Bonchev–Trinajstić information content (AvgIpc) is 2.78. The standard InChI is InChI=1S/C25H36N4O2/c1-5-16-31-19-23-12-8-7-11-22(23)18-28-25(26-6-2)27-15-14-20-10-9-13-21(17-20)24(30)29(3)4/h7-13,17H,5-6,14-16,18-19H2,1-4H3,(H2,26,27,28). The Hall–Kier alpha value is -2.86. The van der Waals surface area contributed by atoms with E-state index in [1.54, 1.807) is 19.0 Å². The van der Waals surface area contributed by atoms with E-state index in [2.05, 4.69) is 36.6 Å². The Morgan fingerprint density at radius 1 is 1.03 bits per heavy atom. The van der Waals surface area contributed by atoms with E-state index < -0.39 is 0 Å². The molecule has 0 heterocycles. The van der Waals surface area contributed by atoms with Gasteiger partial charge < -0.3 is 20.3 Å². The fourth-order valence-corrected chi connectivity index (χ4v) is 3.13. The first-order valence-electron chi connectivity index (χ1n) is 11.0. The Balaban J connectivity index is 1.96. The van der Waals surface area contributed by atoms with Crippen molar-refractivity contribution >= 4 is 11.9 Å². The van der Waals surface area contributed by atoms with E-state index in [0.29, 0.717) is 18.7 Å². The van der Waals surface area contributed by atoms with E-state index in [4.69, 9.17) is 9.73 Å². The van der Waals surface area contributed by atoms with Crippen molar-refractivity contribution in [3.05, 3.63) is 70.8 Å². The van der Waals surface area contributed by atoms with Crippen LogP contribution < -0.4 is 10.6 Å². The summed E-state index contributed by atoms with van der Waals surface area (Å²) in [7, 11) is 3.54. The van der Waals surface area contributed by atoms with Gasteiger partial charge in [-0.1, -0.05) is 43.3 Å². The molecule has 0 aliphatic rings. The first-order valence-corrected chi connectivity index (χ1v) is 11.0. The summed E-state index contributed by atoms with van der Waals surface area (Å²) in [6, 6.07) is 16.1. The molecule has 0 aliphatic carbocycles. The van der Waals surface area contributed by atoms with Crippen molar-refractivity contribution in [3.63, 3.8) is 0 Å². The van der Waals surface area contributed by atoms with E-state index in [0.717, 1.165) is 44.1 Å². The lowest BCUT2D eigenvalue weighted by Gasteiger charge is -2.14. The molecule has 1 amide bonds. The van der Waals surface area contributed by atoms with Crippen molar-refractivity contribution in [2.75, 3.05) is 33.8 Å². The van der Waals surface area contributed by atoms with Gasteiger partial charge in [0.05, 0.1) is 13.2 Å². The second-order valence-electron chi connectivity index (χ2n) is 7.59. The second kappa shape index (κ2) is 13.4. The Morgan fingerprint density at radius 2 is 1.81 bits per heavy atom. The maximum atomic E-state index is 12.2. The van der Waals surface area contributed by atoms with Crippen molar-refractivity contribution in [1.29, 1.82) is 0 Å². The van der Waals surface area contributed by atoms with Crippen LogP contribution in [0.1, 0.15) is 47.3 Å². The molecule has 0 aromatic heterocycles. The van der Waals surface area contributed by atoms with Crippen LogP contribution >= 0.6 is 0 Å². The number of carbonyl (C=O) groups is 1. The lowest BCUT2D eigenvalue weighted by atomic mass is 10.1. The summed E-state index contributed by atoms with van der Waals surface area (Å²) in [6.45, 7) is 7.66. The van der Waals surface area contributed by atoms with Crippen LogP contribution in [0.2, 0.25) is 0 Å². The summed E-state index contributed by atoms with van der Waals surface area (Å²) in [5.74, 6) is 0.804. The second-order valence-corrected chi connectivity index (χ2v) is 7.59. The molecule has 0 saturated carbocycles. The van der Waals surface area contributed by atoms with E-state index in [9.17, 15) is 4.79 Å². The van der Waals surface area contributed by atoms with Crippen LogP contribution in [-0.2, 0) is 24.3 Å². The minimum absolute atomic E-state index is 0.0197. The Kier molecular flexibility index (Phi) is 10.6. The minimum Gasteiger partial charge on any atom is -0.377 e. The molecular weight excluding hydrogens is 388 g/mol. The molecule has 0 saturated heterocycles. The zero-order valence-corrected chi connectivity index (χ0v) is 19.3. The van der Waals surface area contributed by atoms with Crippen molar-refractivity contribution < 1.29 is 9.53 Å². The number of nitrogens with zero attached hydrogens (tertiary/aromatic N) is 2. The van der Waals surface area contributed by atoms with Crippen molar-refractivity contribution in [2.24, 2.45) is 4.99 Å². The van der Waals surface area contributed by atoms with Crippen LogP contribution in [0, 0.1) is 0 Å². The van der Waals surface area contributed by atoms with Gasteiger partial charge in [0, 0.05) is 39.4 Å². The average molecular weight is 425 g/mol. The normalized spacial score (nSPS) is 11.3. The summed E-state index contributed by atoms with van der Waals surface area (Å²) in [5.41, 5.74) is 4.18. The largest absolute Gasteiger partial charge is 0.377 e. The van der Waals surface area contributed by atoms with Gasteiger partial charge in [0.25, 0.3) is 5.91 Å². The number of guanidine groups is 1. The fourth-order valence-electron chi connectivity index (χ4n) is 3.13. The molecular formula is C25H36N4O2. The number of hydrogen-bond donors (Lipinski definition) is 2. The molecule has 0 bridgehead atoms. The summed E-state index contributed by atoms with van der Waals surface area (Å²) >= 11 is 0. The number of aliphatic imine (C=N–C) groups is 1. The molecule has 2 N–H and O–H groups in total. The number of carbonyl (C=O) groups excluding carboxylic acids is 1. The minimum atomic E-state index is 0.0197. The monoisotopic (exact) mass is 424 g/mol. The van der Waals surface area contributed by atoms with Gasteiger partial charge in [-0.05, 0) is 48.6 Å². The SMILES string of the molecule is CCCOCc1ccccc1CN=C(NCC)NCCc1cccc(C(=O)N(C)C)c1. The Bertz CT molecular complexity index is 849. The van der Waals surface area contributed by atoms with E-state index >= 15 is 0 Å². The molecule has 0 fully saturated rings. The molecule has 2 aromatic carbocycles. The summed E-state index contributed by atoms with van der Waals surface area (Å²) in [6.07, 6.45) is 1.82. The first kappa shape index (κ1) is 24.4. The van der Waals surface area contributed by atoms with Gasteiger partial charge in [0.1, 0.15) is 0 Å². The zero-order chi connectivity index (χ0) is 22.5. The summed E-state index contributed by atoms with van der Waals surface area (Å²) < 4.78 is 5.71. The summed E-state index contributed by atoms with van der Waals surface area (Å²) in [5, 5.41) is 6.70. The number of amides is 1. The number of hydrogen-bond acceptors (Lipinski definition) is 3. The molecule has 6 heteroatoms. The Morgan fingerprint density at radius 3 is 2.52 bits per heavy atom. The maximum absolute atomic E-state index is 12.2. The number of benzene rings is 2. The van der Waals surface area contributed by atoms with Crippen LogP contribution in [0.4, 0.5) is 0 Å². The molecule has 0 unspecified atom stereocenters. The quantitative estimate of drug-likeness (QED) is 0.329. The molecule has 0 atom stereocenters. The predicted molar refractivity (Wildman–Crippen MR) is 127 cm³/mol. The van der Waals surface area contributed by atoms with Gasteiger partial charge in [-0.3, -0.25) is 4.79 Å². The molecule has 2 rings (SSSR count). The van der Waals surface area contributed by atoms with Crippen LogP contribution in [-0.4, -0.2) is 50.6 Å². The molecule has 6 nitrogen and oxygen atoms in total. The topological polar surface area (TPSA) is 66.0 Å². The van der Waals surface area contributed by atoms with Crippen LogP contribution in [0.5, 0.6) is 0 Å². The Labute approximate surface area is 186 Å². The van der Waals surface area contributed by atoms with Gasteiger partial charge in [-0.2, -0.15) is 0 Å². The van der Waals surface area contributed by atoms with Gasteiger partial charge in [-0.15, -0.1) is 0 Å². The fraction of sp³-hybridized carbons (Fsp3) is 0.440. The van der Waals surface area contributed by atoms with E-state index in [-0.39, 0.29) is 5.91 Å². The number of nitrogens with one attached hydrogen (secondary N) is 2. The van der Waals surface area contributed by atoms with E-state index in [1.807, 2.05) is 36.4 Å². The number of rotatable bonds is 11. The third-order valence-electron chi connectivity index (χ3n) is 4.76. The van der Waals surface area contributed by atoms with Crippen LogP contribution in [0.25, 0.3) is 0 Å². The number of ether oxygens (including phenoxy) is 1. The predicted octanol–water partition coefficient (Wildman–Crippen LogP) is 3.61. The van der Waals surface area contributed by atoms with Gasteiger partial charge >= 0.3 is 0 Å². The molecule has 0 spiro atoms. The lowest BCUT2D eigenvalue weighted by Crippen LogP contribution is -2.38. The highest BCUT2D eigenvalue weighted by Crippen LogP contribution is 2.12. The van der Waals surface area contributed by atoms with E-state index in [1.165, 1.54) is 11.1 Å². The highest BCUT2D eigenvalue weighted by atomic mass is 16.5. The molecule has 0 radical (unpaired) electrons. The first-order chi connectivity index (χ1) is 15.0. The molecule has 168 valence electrons. The highest BCUT2D eigenvalue weighted by Gasteiger charge is 2.08. The smallest absolute Gasteiger partial charge is 0.253 e. The zero-order valence-electron chi connectivity index (χ0n) is 19.3. The van der Waals surface area contributed by atoms with Crippen molar-refractivity contribution in [3.8, 4) is 0 Å².